The van der Waals surface area contributed by atoms with E-state index < -0.39 is 5.60 Å². The highest BCUT2D eigenvalue weighted by molar-refractivity contribution is 5.03. The standard InChI is InChI=1S/C15H29NO2/c1-2-4-13-5-8-14(11-16,9-6-13)15(17)7-3-10-18-12-15/h13,17H,2-12,16H2,1H3. The Morgan fingerprint density at radius 2 is 2.00 bits per heavy atom. The van der Waals surface area contributed by atoms with Gasteiger partial charge in [-0.1, -0.05) is 19.8 Å². The highest BCUT2D eigenvalue weighted by Gasteiger charge is 2.51. The summed E-state index contributed by atoms with van der Waals surface area (Å²) >= 11 is 0. The van der Waals surface area contributed by atoms with Crippen LogP contribution in [-0.4, -0.2) is 30.5 Å². The summed E-state index contributed by atoms with van der Waals surface area (Å²) in [6, 6.07) is 0. The summed E-state index contributed by atoms with van der Waals surface area (Å²) in [6.07, 6.45) is 9.05. The zero-order valence-electron chi connectivity index (χ0n) is 11.8. The molecule has 2 aliphatic rings. The van der Waals surface area contributed by atoms with Gasteiger partial charge in [-0.2, -0.15) is 0 Å². The summed E-state index contributed by atoms with van der Waals surface area (Å²) in [5.41, 5.74) is 5.30. The molecule has 18 heavy (non-hydrogen) atoms. The molecule has 0 bridgehead atoms. The van der Waals surface area contributed by atoms with Crippen molar-refractivity contribution in [3.63, 3.8) is 0 Å². The third-order valence-electron chi connectivity index (χ3n) is 5.36. The Hall–Kier alpha value is -0.120. The van der Waals surface area contributed by atoms with Gasteiger partial charge in [0.15, 0.2) is 0 Å². The number of ether oxygens (including phenoxy) is 1. The summed E-state index contributed by atoms with van der Waals surface area (Å²) in [7, 11) is 0. The number of nitrogens with two attached hydrogens (primary N) is 1. The van der Waals surface area contributed by atoms with Gasteiger partial charge in [0.2, 0.25) is 0 Å². The fourth-order valence-corrected chi connectivity index (χ4v) is 3.98. The van der Waals surface area contributed by atoms with Crippen molar-refractivity contribution in [3.05, 3.63) is 0 Å². The number of hydrogen-bond acceptors (Lipinski definition) is 3. The van der Waals surface area contributed by atoms with Crippen LogP contribution >= 0.6 is 0 Å². The fourth-order valence-electron chi connectivity index (χ4n) is 3.98. The first-order valence-corrected chi connectivity index (χ1v) is 7.66. The molecule has 0 spiro atoms. The average molecular weight is 255 g/mol. The lowest BCUT2D eigenvalue weighted by molar-refractivity contribution is -0.172. The van der Waals surface area contributed by atoms with Gasteiger partial charge in [-0.3, -0.25) is 0 Å². The largest absolute Gasteiger partial charge is 0.387 e. The highest BCUT2D eigenvalue weighted by atomic mass is 16.5. The molecular formula is C15H29NO2. The molecule has 1 heterocycles. The average Bonchev–Trinajstić information content (AvgIpc) is 2.41. The summed E-state index contributed by atoms with van der Waals surface area (Å²) in [5, 5.41) is 11.0. The summed E-state index contributed by atoms with van der Waals surface area (Å²) < 4.78 is 5.53. The Kier molecular flexibility index (Phi) is 4.68. The molecule has 0 radical (unpaired) electrons. The van der Waals surface area contributed by atoms with Gasteiger partial charge in [-0.25, -0.2) is 0 Å². The smallest absolute Gasteiger partial charge is 0.0948 e. The third-order valence-corrected chi connectivity index (χ3v) is 5.36. The van der Waals surface area contributed by atoms with Crippen LogP contribution in [0.5, 0.6) is 0 Å². The maximum atomic E-state index is 11.0. The predicted octanol–water partition coefficient (Wildman–Crippen LogP) is 2.46. The Labute approximate surface area is 111 Å². The molecule has 1 atom stereocenters. The molecular weight excluding hydrogens is 226 g/mol. The highest BCUT2D eigenvalue weighted by Crippen LogP contribution is 2.49. The minimum atomic E-state index is -0.669. The monoisotopic (exact) mass is 255 g/mol. The van der Waals surface area contributed by atoms with E-state index >= 15 is 0 Å². The molecule has 1 unspecified atom stereocenters. The first kappa shape index (κ1) is 14.3. The minimum Gasteiger partial charge on any atom is -0.387 e. The van der Waals surface area contributed by atoms with Crippen LogP contribution in [0.1, 0.15) is 58.3 Å². The van der Waals surface area contributed by atoms with Crippen molar-refractivity contribution in [2.24, 2.45) is 17.1 Å². The third kappa shape index (κ3) is 2.59. The molecule has 1 aliphatic heterocycles. The van der Waals surface area contributed by atoms with E-state index in [0.717, 1.165) is 38.2 Å². The maximum Gasteiger partial charge on any atom is 0.0948 e. The van der Waals surface area contributed by atoms with Gasteiger partial charge >= 0.3 is 0 Å². The van der Waals surface area contributed by atoms with Crippen LogP contribution in [0.4, 0.5) is 0 Å². The molecule has 0 aromatic heterocycles. The molecule has 1 aliphatic carbocycles. The lowest BCUT2D eigenvalue weighted by Crippen LogP contribution is -2.58. The molecule has 2 rings (SSSR count). The summed E-state index contributed by atoms with van der Waals surface area (Å²) in [4.78, 5) is 0. The normalized spacial score (nSPS) is 41.8. The van der Waals surface area contributed by atoms with Crippen LogP contribution in [0.15, 0.2) is 0 Å². The van der Waals surface area contributed by atoms with Gasteiger partial charge in [0.05, 0.1) is 12.2 Å². The predicted molar refractivity (Wildman–Crippen MR) is 73.4 cm³/mol. The first-order valence-electron chi connectivity index (χ1n) is 7.66. The SMILES string of the molecule is CCCC1CCC(CN)(C2(O)CCCOC2)CC1. The van der Waals surface area contributed by atoms with Gasteiger partial charge in [-0.05, 0) is 44.4 Å². The number of hydrogen-bond donors (Lipinski definition) is 2. The van der Waals surface area contributed by atoms with Crippen molar-refractivity contribution >= 4 is 0 Å². The van der Waals surface area contributed by atoms with Gasteiger partial charge in [0.1, 0.15) is 0 Å². The second-order valence-electron chi connectivity index (χ2n) is 6.40. The van der Waals surface area contributed by atoms with Crippen molar-refractivity contribution < 1.29 is 9.84 Å². The topological polar surface area (TPSA) is 55.5 Å². The van der Waals surface area contributed by atoms with E-state index in [4.69, 9.17) is 10.5 Å². The zero-order valence-corrected chi connectivity index (χ0v) is 11.8. The molecule has 3 N–H and O–H groups in total. The van der Waals surface area contributed by atoms with Crippen LogP contribution in [0.2, 0.25) is 0 Å². The van der Waals surface area contributed by atoms with Crippen LogP contribution < -0.4 is 5.73 Å². The quantitative estimate of drug-likeness (QED) is 0.811. The lowest BCUT2D eigenvalue weighted by atomic mass is 9.59. The van der Waals surface area contributed by atoms with Gasteiger partial charge in [0.25, 0.3) is 0 Å². The molecule has 0 amide bonds. The van der Waals surface area contributed by atoms with Crippen molar-refractivity contribution in [2.45, 2.75) is 63.9 Å². The van der Waals surface area contributed by atoms with Crippen LogP contribution in [0.3, 0.4) is 0 Å². The number of aliphatic hydroxyl groups is 1. The fraction of sp³-hybridized carbons (Fsp3) is 1.00. The van der Waals surface area contributed by atoms with Gasteiger partial charge < -0.3 is 15.6 Å². The summed E-state index contributed by atoms with van der Waals surface area (Å²) in [5.74, 6) is 0.850. The lowest BCUT2D eigenvalue weighted by Gasteiger charge is -2.52. The Morgan fingerprint density at radius 3 is 2.50 bits per heavy atom. The minimum absolute atomic E-state index is 0.0857. The van der Waals surface area contributed by atoms with Crippen LogP contribution in [-0.2, 0) is 4.74 Å². The molecule has 3 nitrogen and oxygen atoms in total. The maximum absolute atomic E-state index is 11.0. The van der Waals surface area contributed by atoms with Crippen molar-refractivity contribution in [2.75, 3.05) is 19.8 Å². The molecule has 1 saturated heterocycles. The molecule has 0 aromatic rings. The van der Waals surface area contributed by atoms with E-state index in [1.54, 1.807) is 0 Å². The van der Waals surface area contributed by atoms with E-state index in [1.165, 1.54) is 25.7 Å². The van der Waals surface area contributed by atoms with E-state index in [1.807, 2.05) is 0 Å². The Bertz CT molecular complexity index is 253. The van der Waals surface area contributed by atoms with Crippen LogP contribution in [0, 0.1) is 11.3 Å². The molecule has 1 saturated carbocycles. The van der Waals surface area contributed by atoms with Crippen molar-refractivity contribution in [3.8, 4) is 0 Å². The van der Waals surface area contributed by atoms with E-state index in [9.17, 15) is 5.11 Å². The molecule has 106 valence electrons. The second kappa shape index (κ2) is 5.89. The second-order valence-corrected chi connectivity index (χ2v) is 6.40. The van der Waals surface area contributed by atoms with E-state index in [2.05, 4.69) is 6.92 Å². The first-order chi connectivity index (χ1) is 8.66. The van der Waals surface area contributed by atoms with Crippen molar-refractivity contribution in [1.29, 1.82) is 0 Å². The molecule has 2 fully saturated rings. The summed E-state index contributed by atoms with van der Waals surface area (Å²) in [6.45, 7) is 4.14. The molecule has 3 heteroatoms. The van der Waals surface area contributed by atoms with Crippen LogP contribution in [0.25, 0.3) is 0 Å². The number of rotatable bonds is 4. The van der Waals surface area contributed by atoms with Gasteiger partial charge in [-0.15, -0.1) is 0 Å². The zero-order chi connectivity index (χ0) is 13.1. The van der Waals surface area contributed by atoms with Gasteiger partial charge in [0, 0.05) is 18.6 Å². The van der Waals surface area contributed by atoms with E-state index in [0.29, 0.717) is 13.2 Å². The molecule has 0 aromatic carbocycles. The van der Waals surface area contributed by atoms with Crippen molar-refractivity contribution in [1.82, 2.24) is 0 Å². The Balaban J connectivity index is 2.03. The van der Waals surface area contributed by atoms with E-state index in [-0.39, 0.29) is 5.41 Å². The Morgan fingerprint density at radius 1 is 1.28 bits per heavy atom.